The highest BCUT2D eigenvalue weighted by Crippen LogP contribution is 2.40. The number of hydrogen-bond donors (Lipinski definition) is 1. The fourth-order valence-electron chi connectivity index (χ4n) is 3.77. The van der Waals surface area contributed by atoms with Crippen LogP contribution in [-0.2, 0) is 5.54 Å². The summed E-state index contributed by atoms with van der Waals surface area (Å²) in [5.74, 6) is 0. The van der Waals surface area contributed by atoms with Gasteiger partial charge in [0.1, 0.15) is 5.54 Å². The summed E-state index contributed by atoms with van der Waals surface area (Å²) in [5, 5.41) is 9.11. The Hall–Kier alpha value is -3.43. The second-order valence-electron chi connectivity index (χ2n) is 6.60. The summed E-state index contributed by atoms with van der Waals surface area (Å²) in [5.41, 5.74) is 3.72. The minimum Gasteiger partial charge on any atom is -0.392 e. The molecule has 0 bridgehead atoms. The van der Waals surface area contributed by atoms with Gasteiger partial charge in [-0.3, -0.25) is 0 Å². The van der Waals surface area contributed by atoms with Crippen molar-refractivity contribution in [3.8, 4) is 0 Å². The van der Waals surface area contributed by atoms with Crippen LogP contribution in [0.5, 0.6) is 0 Å². The van der Waals surface area contributed by atoms with Gasteiger partial charge in [0.25, 0.3) is 0 Å². The van der Waals surface area contributed by atoms with Crippen LogP contribution in [0.2, 0.25) is 0 Å². The second-order valence-corrected chi connectivity index (χ2v) is 6.60. The number of rotatable bonds is 6. The number of aromatic nitrogens is 2. The highest BCUT2D eigenvalue weighted by Gasteiger charge is 2.38. The molecule has 3 nitrogen and oxygen atoms in total. The maximum absolute atomic E-state index is 9.11. The molecule has 3 heteroatoms. The molecule has 0 atom stereocenters. The molecule has 0 fully saturated rings. The summed E-state index contributed by atoms with van der Waals surface area (Å²) in [6.45, 7) is -0.00589. The van der Waals surface area contributed by atoms with Gasteiger partial charge in [0, 0.05) is 6.20 Å². The van der Waals surface area contributed by atoms with Crippen LogP contribution in [0.15, 0.2) is 110 Å². The first-order valence-corrected chi connectivity index (χ1v) is 9.34. The largest absolute Gasteiger partial charge is 0.392 e. The van der Waals surface area contributed by atoms with Crippen molar-refractivity contribution >= 4 is 6.08 Å². The fraction of sp³-hybridized carbons (Fsp3) is 0.0800. The minimum atomic E-state index is -0.553. The van der Waals surface area contributed by atoms with Crippen molar-refractivity contribution in [1.82, 2.24) is 9.55 Å². The van der Waals surface area contributed by atoms with E-state index < -0.39 is 5.54 Å². The van der Waals surface area contributed by atoms with Crippen LogP contribution >= 0.6 is 0 Å². The lowest BCUT2D eigenvalue weighted by Gasteiger charge is -2.37. The highest BCUT2D eigenvalue weighted by atomic mass is 16.2. The quantitative estimate of drug-likeness (QED) is 0.501. The Kier molecular flexibility index (Phi) is 5.18. The second kappa shape index (κ2) is 8.07. The van der Waals surface area contributed by atoms with Crippen molar-refractivity contribution in [3.05, 3.63) is 132 Å². The highest BCUT2D eigenvalue weighted by molar-refractivity contribution is 5.52. The van der Waals surface area contributed by atoms with Gasteiger partial charge >= 0.3 is 0 Å². The standard InChI is InChI=1S/C25H22N2O/c28-18-10-17-24-19-27(20-26-24)25(21-11-4-1-5-12-21,22-13-6-2-7-14-22)23-15-8-3-9-16-23/h1-17,19-20,28H,18H2/b17-10+. The molecule has 28 heavy (non-hydrogen) atoms. The Bertz CT molecular complexity index is 941. The molecule has 1 aromatic heterocycles. The summed E-state index contributed by atoms with van der Waals surface area (Å²) < 4.78 is 2.16. The lowest BCUT2D eigenvalue weighted by atomic mass is 9.77. The van der Waals surface area contributed by atoms with E-state index in [1.54, 1.807) is 6.08 Å². The van der Waals surface area contributed by atoms with Gasteiger partial charge in [-0.2, -0.15) is 0 Å². The van der Waals surface area contributed by atoms with E-state index >= 15 is 0 Å². The van der Waals surface area contributed by atoms with Crippen LogP contribution in [0.1, 0.15) is 22.4 Å². The van der Waals surface area contributed by atoms with Gasteiger partial charge in [0.05, 0.1) is 18.6 Å². The van der Waals surface area contributed by atoms with E-state index in [0.29, 0.717) is 0 Å². The smallest absolute Gasteiger partial charge is 0.121 e. The Morgan fingerprint density at radius 2 is 1.21 bits per heavy atom. The van der Waals surface area contributed by atoms with Crippen LogP contribution in [0, 0.1) is 0 Å². The third-order valence-corrected chi connectivity index (χ3v) is 4.96. The molecule has 0 spiro atoms. The molecule has 3 aromatic carbocycles. The number of aliphatic hydroxyl groups excluding tert-OH is 1. The van der Waals surface area contributed by atoms with Crippen LogP contribution < -0.4 is 0 Å². The lowest BCUT2D eigenvalue weighted by molar-refractivity contribution is 0.343. The third-order valence-electron chi connectivity index (χ3n) is 4.96. The van der Waals surface area contributed by atoms with Crippen molar-refractivity contribution < 1.29 is 5.11 Å². The Morgan fingerprint density at radius 1 is 0.750 bits per heavy atom. The molecule has 0 unspecified atom stereocenters. The van der Waals surface area contributed by atoms with E-state index in [0.717, 1.165) is 22.4 Å². The van der Waals surface area contributed by atoms with E-state index in [9.17, 15) is 0 Å². The van der Waals surface area contributed by atoms with E-state index in [4.69, 9.17) is 5.11 Å². The Morgan fingerprint density at radius 3 is 1.64 bits per heavy atom. The Balaban J connectivity index is 2.04. The number of nitrogens with zero attached hydrogens (tertiary/aromatic N) is 2. The number of hydrogen-bond acceptors (Lipinski definition) is 2. The first kappa shape index (κ1) is 18.0. The molecular weight excluding hydrogens is 344 g/mol. The molecule has 4 aromatic rings. The fourth-order valence-corrected chi connectivity index (χ4v) is 3.77. The summed E-state index contributed by atoms with van der Waals surface area (Å²) in [4.78, 5) is 4.56. The van der Waals surface area contributed by atoms with Gasteiger partial charge in [-0.15, -0.1) is 0 Å². The molecule has 0 saturated heterocycles. The molecule has 0 aliphatic carbocycles. The summed E-state index contributed by atoms with van der Waals surface area (Å²) in [6.07, 6.45) is 7.42. The Labute approximate surface area is 165 Å². The number of benzene rings is 3. The predicted octanol–water partition coefficient (Wildman–Crippen LogP) is 4.73. The van der Waals surface area contributed by atoms with Gasteiger partial charge in [0.15, 0.2) is 0 Å². The SMILES string of the molecule is OC/C=C/c1cn(C(c2ccccc2)(c2ccccc2)c2ccccc2)cn1. The van der Waals surface area contributed by atoms with E-state index in [2.05, 4.69) is 82.3 Å². The predicted molar refractivity (Wildman–Crippen MR) is 113 cm³/mol. The van der Waals surface area contributed by atoms with Crippen LogP contribution in [0.3, 0.4) is 0 Å². The molecule has 138 valence electrons. The molecule has 1 N–H and O–H groups in total. The maximum atomic E-state index is 9.11. The van der Waals surface area contributed by atoms with Gasteiger partial charge in [-0.1, -0.05) is 97.1 Å². The van der Waals surface area contributed by atoms with Crippen molar-refractivity contribution in [2.75, 3.05) is 6.61 Å². The monoisotopic (exact) mass is 366 g/mol. The van der Waals surface area contributed by atoms with Crippen LogP contribution in [0.4, 0.5) is 0 Å². The first-order valence-electron chi connectivity index (χ1n) is 9.34. The van der Waals surface area contributed by atoms with Crippen molar-refractivity contribution in [1.29, 1.82) is 0 Å². The topological polar surface area (TPSA) is 38.0 Å². The summed E-state index contributed by atoms with van der Waals surface area (Å²) in [7, 11) is 0. The van der Waals surface area contributed by atoms with E-state index in [-0.39, 0.29) is 6.61 Å². The molecule has 0 amide bonds. The van der Waals surface area contributed by atoms with E-state index in [1.165, 1.54) is 0 Å². The van der Waals surface area contributed by atoms with Crippen molar-refractivity contribution in [3.63, 3.8) is 0 Å². The van der Waals surface area contributed by atoms with Gasteiger partial charge in [-0.05, 0) is 22.8 Å². The lowest BCUT2D eigenvalue weighted by Crippen LogP contribution is -2.36. The van der Waals surface area contributed by atoms with Crippen molar-refractivity contribution in [2.45, 2.75) is 5.54 Å². The van der Waals surface area contributed by atoms with Crippen LogP contribution in [0.25, 0.3) is 6.08 Å². The molecule has 0 aliphatic heterocycles. The zero-order chi connectivity index (χ0) is 19.2. The molecule has 0 aliphatic rings. The number of imidazole rings is 1. The molecule has 0 radical (unpaired) electrons. The zero-order valence-corrected chi connectivity index (χ0v) is 15.5. The summed E-state index contributed by atoms with van der Waals surface area (Å²) >= 11 is 0. The molecular formula is C25H22N2O. The minimum absolute atomic E-state index is 0.00589. The van der Waals surface area contributed by atoms with Gasteiger partial charge < -0.3 is 9.67 Å². The molecule has 1 heterocycles. The van der Waals surface area contributed by atoms with E-state index in [1.807, 2.05) is 36.8 Å². The summed E-state index contributed by atoms with van der Waals surface area (Å²) in [6, 6.07) is 31.5. The average Bonchev–Trinajstić information content (AvgIpc) is 3.24. The third kappa shape index (κ3) is 3.17. The first-order chi connectivity index (χ1) is 13.9. The van der Waals surface area contributed by atoms with Crippen LogP contribution in [-0.4, -0.2) is 21.3 Å². The van der Waals surface area contributed by atoms with Gasteiger partial charge in [0.2, 0.25) is 0 Å². The normalized spacial score (nSPS) is 11.8. The molecule has 4 rings (SSSR count). The zero-order valence-electron chi connectivity index (χ0n) is 15.5. The van der Waals surface area contributed by atoms with Crippen molar-refractivity contribution in [2.24, 2.45) is 0 Å². The number of aliphatic hydroxyl groups is 1. The maximum Gasteiger partial charge on any atom is 0.121 e. The molecule has 0 saturated carbocycles. The van der Waals surface area contributed by atoms with Gasteiger partial charge in [-0.25, -0.2) is 4.98 Å². The average molecular weight is 366 g/mol.